The van der Waals surface area contributed by atoms with Crippen molar-refractivity contribution in [1.82, 2.24) is 4.90 Å². The Morgan fingerprint density at radius 2 is 2.25 bits per heavy atom. The Hall–Kier alpha value is -0.610. The second-order valence-electron chi connectivity index (χ2n) is 5.47. The molecule has 2 N–H and O–H groups in total. The molecular weight excluding hydrogens is 204 g/mol. The summed E-state index contributed by atoms with van der Waals surface area (Å²) in [4.78, 5) is 14.0. The smallest absolute Gasteiger partial charge is 0.254 e. The van der Waals surface area contributed by atoms with Gasteiger partial charge in [-0.15, -0.1) is 0 Å². The van der Waals surface area contributed by atoms with Crippen LogP contribution in [0.4, 0.5) is 0 Å². The zero-order valence-corrected chi connectivity index (χ0v) is 10.2. The van der Waals surface area contributed by atoms with Gasteiger partial charge in [0.05, 0.1) is 0 Å². The molecule has 2 aliphatic rings. The van der Waals surface area contributed by atoms with Crippen molar-refractivity contribution in [2.45, 2.75) is 44.2 Å². The molecule has 4 heteroatoms. The summed E-state index contributed by atoms with van der Waals surface area (Å²) in [5.74, 6) is 0.722. The van der Waals surface area contributed by atoms with Crippen LogP contribution in [0.25, 0.3) is 0 Å². The van der Waals surface area contributed by atoms with E-state index in [9.17, 15) is 4.79 Å². The number of amides is 1. The molecule has 1 saturated heterocycles. The van der Waals surface area contributed by atoms with E-state index in [2.05, 4.69) is 0 Å². The first-order chi connectivity index (χ1) is 7.51. The first-order valence-electron chi connectivity index (χ1n) is 6.16. The maximum atomic E-state index is 12.2. The Balaban J connectivity index is 1.84. The molecule has 1 amide bonds. The summed E-state index contributed by atoms with van der Waals surface area (Å²) >= 11 is 0. The highest BCUT2D eigenvalue weighted by Crippen LogP contribution is 2.30. The van der Waals surface area contributed by atoms with Crippen LogP contribution in [0.3, 0.4) is 0 Å². The average molecular weight is 226 g/mol. The molecule has 2 rings (SSSR count). The predicted octanol–water partition coefficient (Wildman–Crippen LogP) is 0.751. The molecule has 1 heterocycles. The van der Waals surface area contributed by atoms with Gasteiger partial charge in [-0.1, -0.05) is 0 Å². The summed E-state index contributed by atoms with van der Waals surface area (Å²) in [6.45, 7) is 3.45. The van der Waals surface area contributed by atoms with Gasteiger partial charge in [-0.3, -0.25) is 4.79 Å². The third kappa shape index (κ3) is 2.23. The molecule has 2 fully saturated rings. The van der Waals surface area contributed by atoms with E-state index in [1.807, 2.05) is 18.9 Å². The minimum Gasteiger partial charge on any atom is -0.365 e. The van der Waals surface area contributed by atoms with Gasteiger partial charge in [0, 0.05) is 26.2 Å². The number of nitrogens with two attached hydrogens (primary N) is 1. The van der Waals surface area contributed by atoms with E-state index in [1.54, 1.807) is 0 Å². The third-order valence-electron chi connectivity index (χ3n) is 3.82. The van der Waals surface area contributed by atoms with Gasteiger partial charge < -0.3 is 15.4 Å². The van der Waals surface area contributed by atoms with Crippen molar-refractivity contribution in [2.24, 2.45) is 11.7 Å². The number of hydrogen-bond acceptors (Lipinski definition) is 3. The number of carbonyl (C=O) groups excluding carboxylic acids is 1. The lowest BCUT2D eigenvalue weighted by Gasteiger charge is -2.37. The lowest BCUT2D eigenvalue weighted by atomic mass is 9.80. The normalized spacial score (nSPS) is 38.2. The summed E-state index contributed by atoms with van der Waals surface area (Å²) in [7, 11) is 1.87. The van der Waals surface area contributed by atoms with E-state index in [4.69, 9.17) is 10.5 Å². The molecule has 0 spiro atoms. The molecule has 92 valence electrons. The molecule has 1 aliphatic carbocycles. The van der Waals surface area contributed by atoms with Crippen molar-refractivity contribution < 1.29 is 9.53 Å². The molecule has 1 aliphatic heterocycles. The largest absolute Gasteiger partial charge is 0.365 e. The summed E-state index contributed by atoms with van der Waals surface area (Å²) in [5.41, 5.74) is 5.17. The van der Waals surface area contributed by atoms with Crippen molar-refractivity contribution in [2.75, 3.05) is 20.2 Å². The van der Waals surface area contributed by atoms with Crippen molar-refractivity contribution in [3.8, 4) is 0 Å². The highest BCUT2D eigenvalue weighted by atomic mass is 16.5. The van der Waals surface area contributed by atoms with Gasteiger partial charge in [0.1, 0.15) is 5.60 Å². The average Bonchev–Trinajstić information content (AvgIpc) is 2.63. The number of rotatable bonds is 3. The minimum absolute atomic E-state index is 0.130. The Morgan fingerprint density at radius 3 is 2.75 bits per heavy atom. The standard InChI is InChI=1S/C12H22N2O2/c1-12(4-3-5-16-12)11(15)14(2)8-9-6-10(13)7-9/h9-10H,3-8,13H2,1-2H3. The minimum atomic E-state index is -0.569. The zero-order valence-electron chi connectivity index (χ0n) is 10.2. The lowest BCUT2D eigenvalue weighted by Crippen LogP contribution is -2.49. The molecule has 0 radical (unpaired) electrons. The van der Waals surface area contributed by atoms with Crippen LogP contribution in [0.5, 0.6) is 0 Å². The van der Waals surface area contributed by atoms with E-state index in [1.165, 1.54) is 0 Å². The first-order valence-corrected chi connectivity index (χ1v) is 6.16. The molecule has 0 aromatic rings. The van der Waals surface area contributed by atoms with Crippen LogP contribution in [0.1, 0.15) is 32.6 Å². The van der Waals surface area contributed by atoms with Gasteiger partial charge >= 0.3 is 0 Å². The van der Waals surface area contributed by atoms with E-state index in [-0.39, 0.29) is 5.91 Å². The van der Waals surface area contributed by atoms with E-state index < -0.39 is 5.60 Å². The summed E-state index contributed by atoms with van der Waals surface area (Å²) in [5, 5.41) is 0. The van der Waals surface area contributed by atoms with Gasteiger partial charge in [-0.25, -0.2) is 0 Å². The van der Waals surface area contributed by atoms with Crippen molar-refractivity contribution >= 4 is 5.91 Å². The third-order valence-corrected chi connectivity index (χ3v) is 3.82. The van der Waals surface area contributed by atoms with Gasteiger partial charge in [0.25, 0.3) is 5.91 Å². The fraction of sp³-hybridized carbons (Fsp3) is 0.917. The maximum Gasteiger partial charge on any atom is 0.254 e. The summed E-state index contributed by atoms with van der Waals surface area (Å²) in [6.07, 6.45) is 3.94. The fourth-order valence-electron chi connectivity index (χ4n) is 2.76. The van der Waals surface area contributed by atoms with Gasteiger partial charge in [0.15, 0.2) is 0 Å². The molecule has 1 saturated carbocycles. The topological polar surface area (TPSA) is 55.6 Å². The number of likely N-dealkylation sites (N-methyl/N-ethyl adjacent to an activating group) is 1. The first kappa shape index (κ1) is 11.9. The molecule has 0 aromatic carbocycles. The Morgan fingerprint density at radius 1 is 1.56 bits per heavy atom. The van der Waals surface area contributed by atoms with Crippen LogP contribution in [0, 0.1) is 5.92 Å². The van der Waals surface area contributed by atoms with Crippen molar-refractivity contribution in [3.05, 3.63) is 0 Å². The Kier molecular flexibility index (Phi) is 3.22. The number of hydrogen-bond donors (Lipinski definition) is 1. The molecule has 0 aromatic heterocycles. The zero-order chi connectivity index (χ0) is 11.8. The Labute approximate surface area is 97.1 Å². The maximum absolute atomic E-state index is 12.2. The SMILES string of the molecule is CN(CC1CC(N)C1)C(=O)C1(C)CCCO1. The van der Waals surface area contributed by atoms with E-state index in [0.29, 0.717) is 18.6 Å². The second kappa shape index (κ2) is 4.34. The molecule has 1 atom stereocenters. The van der Waals surface area contributed by atoms with Gasteiger partial charge in [-0.05, 0) is 38.5 Å². The molecular formula is C12H22N2O2. The number of carbonyl (C=O) groups is 1. The predicted molar refractivity (Wildman–Crippen MR) is 61.9 cm³/mol. The fourth-order valence-corrected chi connectivity index (χ4v) is 2.76. The molecule has 0 bridgehead atoms. The van der Waals surface area contributed by atoms with Crippen LogP contribution in [-0.2, 0) is 9.53 Å². The van der Waals surface area contributed by atoms with Crippen molar-refractivity contribution in [1.29, 1.82) is 0 Å². The summed E-state index contributed by atoms with van der Waals surface area (Å²) < 4.78 is 5.56. The number of ether oxygens (including phenoxy) is 1. The quantitative estimate of drug-likeness (QED) is 0.772. The molecule has 1 unspecified atom stereocenters. The van der Waals surface area contributed by atoms with Crippen LogP contribution in [-0.4, -0.2) is 42.6 Å². The second-order valence-corrected chi connectivity index (χ2v) is 5.47. The van der Waals surface area contributed by atoms with Crippen LogP contribution >= 0.6 is 0 Å². The molecule has 4 nitrogen and oxygen atoms in total. The van der Waals surface area contributed by atoms with Crippen LogP contribution in [0.15, 0.2) is 0 Å². The van der Waals surface area contributed by atoms with E-state index >= 15 is 0 Å². The lowest BCUT2D eigenvalue weighted by molar-refractivity contribution is -0.150. The van der Waals surface area contributed by atoms with E-state index in [0.717, 1.165) is 32.2 Å². The highest BCUT2D eigenvalue weighted by molar-refractivity contribution is 5.84. The van der Waals surface area contributed by atoms with Crippen LogP contribution < -0.4 is 5.73 Å². The number of nitrogens with zero attached hydrogens (tertiary/aromatic N) is 1. The Bertz CT molecular complexity index is 268. The van der Waals surface area contributed by atoms with Crippen molar-refractivity contribution in [3.63, 3.8) is 0 Å². The van der Waals surface area contributed by atoms with Gasteiger partial charge in [-0.2, -0.15) is 0 Å². The summed E-state index contributed by atoms with van der Waals surface area (Å²) in [6, 6.07) is 0.354. The van der Waals surface area contributed by atoms with Crippen LogP contribution in [0.2, 0.25) is 0 Å². The van der Waals surface area contributed by atoms with Gasteiger partial charge in [0.2, 0.25) is 0 Å². The highest BCUT2D eigenvalue weighted by Gasteiger charge is 2.40. The molecule has 16 heavy (non-hydrogen) atoms. The monoisotopic (exact) mass is 226 g/mol.